The molecule has 0 aromatic heterocycles. The second-order valence-electron chi connectivity index (χ2n) is 8.34. The summed E-state index contributed by atoms with van der Waals surface area (Å²) in [4.78, 5) is 26.0. The Bertz CT molecular complexity index is 792. The lowest BCUT2D eigenvalue weighted by Gasteiger charge is -2.38. The third-order valence-corrected chi connectivity index (χ3v) is 4.88. The average molecular weight is 394 g/mol. The van der Waals surface area contributed by atoms with Crippen LogP contribution >= 0.6 is 0 Å². The van der Waals surface area contributed by atoms with Crippen molar-refractivity contribution in [3.63, 3.8) is 0 Å². The number of amides is 1. The molecule has 28 heavy (non-hydrogen) atoms. The number of benzene rings is 1. The van der Waals surface area contributed by atoms with Gasteiger partial charge >= 0.3 is 12.1 Å². The third kappa shape index (κ3) is 4.06. The largest absolute Gasteiger partial charge is 0.485 e. The van der Waals surface area contributed by atoms with Crippen LogP contribution in [-0.2, 0) is 9.47 Å². The number of carbonyl (C=O) groups is 2. The molecule has 0 bridgehead atoms. The van der Waals surface area contributed by atoms with E-state index < -0.39 is 35.1 Å². The van der Waals surface area contributed by atoms with Crippen molar-refractivity contribution < 1.29 is 28.2 Å². The van der Waals surface area contributed by atoms with Crippen LogP contribution in [0.1, 0.15) is 62.5 Å². The summed E-state index contributed by atoms with van der Waals surface area (Å²) < 4.78 is 30.9. The number of hydrogen-bond donors (Lipinski definition) is 1. The van der Waals surface area contributed by atoms with E-state index >= 15 is 0 Å². The van der Waals surface area contributed by atoms with Crippen molar-refractivity contribution in [3.8, 4) is 5.75 Å². The summed E-state index contributed by atoms with van der Waals surface area (Å²) in [5, 5.41) is 0. The molecule has 1 amide bonds. The summed E-state index contributed by atoms with van der Waals surface area (Å²) in [7, 11) is 0. The van der Waals surface area contributed by atoms with E-state index in [1.54, 1.807) is 11.8 Å². The SMILES string of the molecule is CCOC(=O)c1cc2c(cc1F)C(N)CC1(CCN(C(=O)OC(C)(C)C)C1)O2. The molecular formula is C20H27FN2O5. The normalized spacial score (nSPS) is 23.9. The Morgan fingerprint density at radius 3 is 2.75 bits per heavy atom. The maximum absolute atomic E-state index is 14.3. The van der Waals surface area contributed by atoms with Gasteiger partial charge in [-0.3, -0.25) is 0 Å². The molecule has 2 aliphatic heterocycles. The Hall–Kier alpha value is -2.35. The smallest absolute Gasteiger partial charge is 0.410 e. The van der Waals surface area contributed by atoms with Crippen LogP contribution in [0, 0.1) is 5.82 Å². The van der Waals surface area contributed by atoms with Crippen molar-refractivity contribution in [3.05, 3.63) is 29.1 Å². The summed E-state index contributed by atoms with van der Waals surface area (Å²) >= 11 is 0. The maximum Gasteiger partial charge on any atom is 0.410 e. The van der Waals surface area contributed by atoms with Gasteiger partial charge in [-0.25, -0.2) is 14.0 Å². The monoisotopic (exact) mass is 394 g/mol. The second-order valence-corrected chi connectivity index (χ2v) is 8.34. The van der Waals surface area contributed by atoms with Gasteiger partial charge in [0.15, 0.2) is 0 Å². The molecule has 7 nitrogen and oxygen atoms in total. The zero-order valence-electron chi connectivity index (χ0n) is 16.7. The van der Waals surface area contributed by atoms with E-state index in [0.29, 0.717) is 37.2 Å². The zero-order chi connectivity index (χ0) is 20.7. The van der Waals surface area contributed by atoms with Gasteiger partial charge < -0.3 is 24.8 Å². The van der Waals surface area contributed by atoms with Gasteiger partial charge in [0.25, 0.3) is 0 Å². The summed E-state index contributed by atoms with van der Waals surface area (Å²) in [5.74, 6) is -1.08. The number of halogens is 1. The Morgan fingerprint density at radius 1 is 1.39 bits per heavy atom. The highest BCUT2D eigenvalue weighted by atomic mass is 19.1. The molecule has 1 aromatic rings. The van der Waals surface area contributed by atoms with E-state index in [4.69, 9.17) is 19.9 Å². The van der Waals surface area contributed by atoms with Crippen molar-refractivity contribution in [2.75, 3.05) is 19.7 Å². The number of rotatable bonds is 2. The number of hydrogen-bond acceptors (Lipinski definition) is 6. The Labute approximate surface area is 163 Å². The van der Waals surface area contributed by atoms with E-state index in [1.807, 2.05) is 20.8 Å². The predicted octanol–water partition coefficient (Wildman–Crippen LogP) is 3.16. The number of ether oxygens (including phenoxy) is 3. The first kappa shape index (κ1) is 20.4. The minimum atomic E-state index is -0.749. The van der Waals surface area contributed by atoms with Gasteiger partial charge in [0.05, 0.1) is 18.7 Å². The van der Waals surface area contributed by atoms with Gasteiger partial charge in [0.2, 0.25) is 0 Å². The molecule has 2 aliphatic rings. The summed E-state index contributed by atoms with van der Waals surface area (Å²) in [5.41, 5.74) is 5.32. The lowest BCUT2D eigenvalue weighted by molar-refractivity contribution is 0.0143. The quantitative estimate of drug-likeness (QED) is 0.775. The molecule has 0 saturated carbocycles. The molecule has 1 saturated heterocycles. The third-order valence-electron chi connectivity index (χ3n) is 4.88. The van der Waals surface area contributed by atoms with Crippen molar-refractivity contribution in [1.82, 2.24) is 4.90 Å². The number of likely N-dealkylation sites (tertiary alicyclic amines) is 1. The number of fused-ring (bicyclic) bond motifs is 1. The molecule has 1 aromatic carbocycles. The predicted molar refractivity (Wildman–Crippen MR) is 99.7 cm³/mol. The van der Waals surface area contributed by atoms with Crippen LogP contribution in [0.15, 0.2) is 12.1 Å². The van der Waals surface area contributed by atoms with Gasteiger partial charge in [-0.15, -0.1) is 0 Å². The van der Waals surface area contributed by atoms with Crippen LogP contribution in [0.5, 0.6) is 5.75 Å². The van der Waals surface area contributed by atoms with Crippen molar-refractivity contribution in [1.29, 1.82) is 0 Å². The molecule has 154 valence electrons. The molecule has 2 unspecified atom stereocenters. The standard InChI is InChI=1S/C20H27FN2O5/c1-5-26-17(24)12-9-16-13(8-14(12)21)15(22)10-20(27-16)6-7-23(11-20)18(25)28-19(2,3)4/h8-9,15H,5-7,10-11,22H2,1-4H3. The van der Waals surface area contributed by atoms with Crippen LogP contribution in [0.25, 0.3) is 0 Å². The van der Waals surface area contributed by atoms with E-state index in [9.17, 15) is 14.0 Å². The highest BCUT2D eigenvalue weighted by Gasteiger charge is 2.47. The Kier molecular flexibility index (Phi) is 5.27. The minimum Gasteiger partial charge on any atom is -0.485 e. The fourth-order valence-corrected chi connectivity index (χ4v) is 3.67. The van der Waals surface area contributed by atoms with Gasteiger partial charge in [-0.2, -0.15) is 0 Å². The first-order valence-corrected chi connectivity index (χ1v) is 9.47. The fraction of sp³-hybridized carbons (Fsp3) is 0.600. The topological polar surface area (TPSA) is 91.1 Å². The Balaban J connectivity index is 1.83. The van der Waals surface area contributed by atoms with Crippen molar-refractivity contribution >= 4 is 12.1 Å². The average Bonchev–Trinajstić information content (AvgIpc) is 2.97. The zero-order valence-corrected chi connectivity index (χ0v) is 16.7. The lowest BCUT2D eigenvalue weighted by atomic mass is 9.86. The van der Waals surface area contributed by atoms with Crippen LogP contribution in [-0.4, -0.2) is 47.9 Å². The van der Waals surface area contributed by atoms with Crippen LogP contribution in [0.4, 0.5) is 9.18 Å². The Morgan fingerprint density at radius 2 is 2.11 bits per heavy atom. The van der Waals surface area contributed by atoms with Crippen LogP contribution < -0.4 is 10.5 Å². The highest BCUT2D eigenvalue weighted by molar-refractivity contribution is 5.90. The van der Waals surface area contributed by atoms with Gasteiger partial charge in [0.1, 0.15) is 22.8 Å². The highest BCUT2D eigenvalue weighted by Crippen LogP contribution is 2.44. The number of carbonyl (C=O) groups excluding carboxylic acids is 2. The summed E-state index contributed by atoms with van der Waals surface area (Å²) in [6.45, 7) is 8.02. The number of esters is 1. The molecule has 2 heterocycles. The van der Waals surface area contributed by atoms with Gasteiger partial charge in [0, 0.05) is 31.0 Å². The molecule has 3 rings (SSSR count). The first-order chi connectivity index (χ1) is 13.0. The lowest BCUT2D eigenvalue weighted by Crippen LogP contribution is -2.46. The maximum atomic E-state index is 14.3. The van der Waals surface area contributed by atoms with E-state index in [0.717, 1.165) is 0 Å². The molecule has 1 fully saturated rings. The van der Waals surface area contributed by atoms with Crippen molar-refractivity contribution in [2.45, 2.75) is 57.8 Å². The minimum absolute atomic E-state index is 0.143. The molecule has 0 aliphatic carbocycles. The van der Waals surface area contributed by atoms with E-state index in [1.165, 1.54) is 12.1 Å². The fourth-order valence-electron chi connectivity index (χ4n) is 3.67. The molecular weight excluding hydrogens is 367 g/mol. The summed E-state index contributed by atoms with van der Waals surface area (Å²) in [6.07, 6.45) is 0.613. The van der Waals surface area contributed by atoms with Gasteiger partial charge in [-0.05, 0) is 39.8 Å². The van der Waals surface area contributed by atoms with Gasteiger partial charge in [-0.1, -0.05) is 0 Å². The first-order valence-electron chi connectivity index (χ1n) is 9.47. The molecule has 2 N–H and O–H groups in total. The van der Waals surface area contributed by atoms with E-state index in [2.05, 4.69) is 0 Å². The summed E-state index contributed by atoms with van der Waals surface area (Å²) in [6, 6.07) is 2.12. The van der Waals surface area contributed by atoms with Crippen LogP contribution in [0.2, 0.25) is 0 Å². The number of nitrogens with two attached hydrogens (primary N) is 1. The molecule has 0 radical (unpaired) electrons. The van der Waals surface area contributed by atoms with Crippen molar-refractivity contribution in [2.24, 2.45) is 5.73 Å². The second kappa shape index (κ2) is 7.24. The van der Waals surface area contributed by atoms with Crippen LogP contribution in [0.3, 0.4) is 0 Å². The van der Waals surface area contributed by atoms with E-state index in [-0.39, 0.29) is 12.2 Å². The molecule has 1 spiro atoms. The molecule has 2 atom stereocenters. The molecule has 8 heteroatoms. The number of nitrogens with zero attached hydrogens (tertiary/aromatic N) is 1.